The zero-order valence-corrected chi connectivity index (χ0v) is 5.94. The molecule has 1 aromatic heterocycles. The van der Waals surface area contributed by atoms with Gasteiger partial charge in [0.25, 0.3) is 0 Å². The molecule has 56 valence electrons. The summed E-state index contributed by atoms with van der Waals surface area (Å²) in [6, 6.07) is 0. The van der Waals surface area contributed by atoms with Crippen molar-refractivity contribution < 1.29 is 12.3 Å². The molecule has 1 N–H and O–H groups in total. The van der Waals surface area contributed by atoms with Crippen LogP contribution in [0.4, 0.5) is 3.89 Å². The van der Waals surface area contributed by atoms with E-state index in [2.05, 4.69) is 9.97 Å². The van der Waals surface area contributed by atoms with E-state index < -0.39 is 15.2 Å². The average molecular weight is 164 g/mol. The Labute approximate surface area is 57.3 Å². The summed E-state index contributed by atoms with van der Waals surface area (Å²) in [5.74, 6) is 0. The second kappa shape index (κ2) is 2.05. The van der Waals surface area contributed by atoms with E-state index in [4.69, 9.17) is 0 Å². The molecule has 0 amide bonds. The van der Waals surface area contributed by atoms with Gasteiger partial charge in [0, 0.05) is 0 Å². The van der Waals surface area contributed by atoms with Crippen LogP contribution < -0.4 is 0 Å². The SMILES string of the molecule is Cc1[nH]cnc1S(=O)(=O)F. The Bertz CT molecular complexity index is 329. The van der Waals surface area contributed by atoms with Crippen LogP contribution in [-0.4, -0.2) is 18.4 Å². The Kier molecular flexibility index (Phi) is 1.47. The number of H-pyrrole nitrogens is 1. The highest BCUT2D eigenvalue weighted by molar-refractivity contribution is 7.86. The van der Waals surface area contributed by atoms with Crippen molar-refractivity contribution in [1.29, 1.82) is 0 Å². The number of imidazole rings is 1. The van der Waals surface area contributed by atoms with Crippen molar-refractivity contribution in [3.8, 4) is 0 Å². The van der Waals surface area contributed by atoms with E-state index in [0.29, 0.717) is 0 Å². The molecule has 0 saturated carbocycles. The van der Waals surface area contributed by atoms with Crippen molar-refractivity contribution in [2.45, 2.75) is 11.9 Å². The molecular weight excluding hydrogens is 159 g/mol. The van der Waals surface area contributed by atoms with Gasteiger partial charge in [-0.1, -0.05) is 3.89 Å². The normalized spacial score (nSPS) is 11.8. The third kappa shape index (κ3) is 1.15. The molecule has 0 saturated heterocycles. The Morgan fingerprint density at radius 2 is 2.30 bits per heavy atom. The Morgan fingerprint density at radius 1 is 1.70 bits per heavy atom. The van der Waals surface area contributed by atoms with Gasteiger partial charge in [-0.15, -0.1) is 0 Å². The third-order valence-corrected chi connectivity index (χ3v) is 1.89. The van der Waals surface area contributed by atoms with Crippen molar-refractivity contribution in [2.75, 3.05) is 0 Å². The lowest BCUT2D eigenvalue weighted by molar-refractivity contribution is 0.547. The lowest BCUT2D eigenvalue weighted by Gasteiger charge is -1.86. The number of aryl methyl sites for hydroxylation is 1. The molecule has 0 radical (unpaired) electrons. The van der Waals surface area contributed by atoms with E-state index in [1.54, 1.807) is 0 Å². The van der Waals surface area contributed by atoms with E-state index in [1.807, 2.05) is 0 Å². The van der Waals surface area contributed by atoms with Crippen LogP contribution in [0.5, 0.6) is 0 Å². The number of nitrogens with zero attached hydrogens (tertiary/aromatic N) is 1. The van der Waals surface area contributed by atoms with Crippen LogP contribution in [0, 0.1) is 6.92 Å². The van der Waals surface area contributed by atoms with Crippen LogP contribution in [-0.2, 0) is 10.2 Å². The van der Waals surface area contributed by atoms with E-state index in [-0.39, 0.29) is 5.69 Å². The molecule has 0 aliphatic carbocycles. The molecule has 0 aliphatic heterocycles. The van der Waals surface area contributed by atoms with Gasteiger partial charge >= 0.3 is 10.2 Å². The number of halogens is 1. The summed E-state index contributed by atoms with van der Waals surface area (Å²) < 4.78 is 32.4. The minimum atomic E-state index is -4.63. The van der Waals surface area contributed by atoms with Gasteiger partial charge in [-0.2, -0.15) is 8.42 Å². The van der Waals surface area contributed by atoms with E-state index in [9.17, 15) is 12.3 Å². The second-order valence-corrected chi connectivity index (χ2v) is 3.03. The van der Waals surface area contributed by atoms with Gasteiger partial charge in [0.05, 0.1) is 12.0 Å². The number of rotatable bonds is 1. The molecule has 6 heteroatoms. The van der Waals surface area contributed by atoms with Crippen LogP contribution >= 0.6 is 0 Å². The maximum Gasteiger partial charge on any atom is 0.351 e. The molecular formula is C4H5FN2O2S. The first-order chi connectivity index (χ1) is 4.52. The minimum Gasteiger partial charge on any atom is -0.348 e. The maximum atomic E-state index is 12.1. The molecule has 1 aromatic rings. The number of hydrogen-bond acceptors (Lipinski definition) is 3. The molecule has 0 aliphatic rings. The van der Waals surface area contributed by atoms with Gasteiger partial charge in [-0.05, 0) is 6.92 Å². The molecule has 0 aromatic carbocycles. The molecule has 0 spiro atoms. The zero-order chi connectivity index (χ0) is 7.78. The number of nitrogens with one attached hydrogen (secondary N) is 1. The summed E-state index contributed by atoms with van der Waals surface area (Å²) in [7, 11) is -4.63. The third-order valence-electron chi connectivity index (χ3n) is 1.01. The van der Waals surface area contributed by atoms with Crippen LogP contribution in [0.3, 0.4) is 0 Å². The molecule has 0 bridgehead atoms. The van der Waals surface area contributed by atoms with Crippen LogP contribution in [0.15, 0.2) is 11.4 Å². The smallest absolute Gasteiger partial charge is 0.348 e. The lowest BCUT2D eigenvalue weighted by atomic mass is 10.6. The Hall–Kier alpha value is -0.910. The minimum absolute atomic E-state index is 0.211. The van der Waals surface area contributed by atoms with E-state index in [0.717, 1.165) is 6.33 Å². The maximum absolute atomic E-state index is 12.1. The van der Waals surface area contributed by atoms with Gasteiger partial charge in [0.2, 0.25) is 5.03 Å². The van der Waals surface area contributed by atoms with Crippen molar-refractivity contribution in [3.05, 3.63) is 12.0 Å². The van der Waals surface area contributed by atoms with Crippen LogP contribution in [0.2, 0.25) is 0 Å². The second-order valence-electron chi connectivity index (χ2n) is 1.77. The molecule has 1 heterocycles. The molecule has 0 atom stereocenters. The quantitative estimate of drug-likeness (QED) is 0.610. The lowest BCUT2D eigenvalue weighted by Crippen LogP contribution is -1.94. The van der Waals surface area contributed by atoms with Gasteiger partial charge < -0.3 is 4.98 Å². The van der Waals surface area contributed by atoms with E-state index in [1.165, 1.54) is 6.92 Å². The Balaban J connectivity index is 3.32. The predicted molar refractivity (Wildman–Crippen MR) is 31.6 cm³/mol. The van der Waals surface area contributed by atoms with Crippen LogP contribution in [0.25, 0.3) is 0 Å². The first-order valence-corrected chi connectivity index (χ1v) is 3.85. The molecule has 1 rings (SSSR count). The van der Waals surface area contributed by atoms with Crippen molar-refractivity contribution >= 4 is 10.2 Å². The summed E-state index contributed by atoms with van der Waals surface area (Å²) >= 11 is 0. The number of hydrogen-bond donors (Lipinski definition) is 1. The summed E-state index contributed by atoms with van der Waals surface area (Å²) in [6.07, 6.45) is 1.13. The number of aromatic amines is 1. The van der Waals surface area contributed by atoms with Crippen molar-refractivity contribution in [1.82, 2.24) is 9.97 Å². The fourth-order valence-electron chi connectivity index (χ4n) is 0.592. The summed E-state index contributed by atoms with van der Waals surface area (Å²) in [5, 5.41) is -0.535. The average Bonchev–Trinajstić information content (AvgIpc) is 2.11. The zero-order valence-electron chi connectivity index (χ0n) is 5.13. The van der Waals surface area contributed by atoms with E-state index >= 15 is 0 Å². The van der Waals surface area contributed by atoms with Crippen molar-refractivity contribution in [3.63, 3.8) is 0 Å². The first kappa shape index (κ1) is 7.20. The summed E-state index contributed by atoms with van der Waals surface area (Å²) in [6.45, 7) is 1.43. The van der Waals surface area contributed by atoms with Gasteiger partial charge in [-0.25, -0.2) is 4.98 Å². The largest absolute Gasteiger partial charge is 0.351 e. The fraction of sp³-hybridized carbons (Fsp3) is 0.250. The molecule has 0 unspecified atom stereocenters. The number of aromatic nitrogens is 2. The highest BCUT2D eigenvalue weighted by atomic mass is 32.3. The van der Waals surface area contributed by atoms with Crippen molar-refractivity contribution in [2.24, 2.45) is 0 Å². The summed E-state index contributed by atoms with van der Waals surface area (Å²) in [5.41, 5.74) is 0.211. The predicted octanol–water partition coefficient (Wildman–Crippen LogP) is 0.376. The molecule has 4 nitrogen and oxygen atoms in total. The van der Waals surface area contributed by atoms with Gasteiger partial charge in [-0.3, -0.25) is 0 Å². The first-order valence-electron chi connectivity index (χ1n) is 2.46. The van der Waals surface area contributed by atoms with Gasteiger partial charge in [0.1, 0.15) is 0 Å². The monoisotopic (exact) mass is 164 g/mol. The highest BCUT2D eigenvalue weighted by Gasteiger charge is 2.17. The molecule has 10 heavy (non-hydrogen) atoms. The standard InChI is InChI=1S/C4H5FN2O2S/c1-3-4(7-2-6-3)10(5,8)9/h2H,1H3,(H,6,7). The highest BCUT2D eigenvalue weighted by Crippen LogP contribution is 2.10. The summed E-state index contributed by atoms with van der Waals surface area (Å²) in [4.78, 5) is 5.71. The van der Waals surface area contributed by atoms with Crippen LogP contribution in [0.1, 0.15) is 5.69 Å². The van der Waals surface area contributed by atoms with Gasteiger partial charge in [0.15, 0.2) is 0 Å². The Morgan fingerprint density at radius 3 is 2.50 bits per heavy atom. The molecule has 0 fully saturated rings. The fourth-order valence-corrected chi connectivity index (χ4v) is 1.20. The topological polar surface area (TPSA) is 62.8 Å².